The number of aromatic carboxylic acids is 1. The molecule has 3 aromatic heterocycles. The van der Waals surface area contributed by atoms with Crippen molar-refractivity contribution in [3.05, 3.63) is 95.3 Å². The molecule has 6 rings (SSSR count). The van der Waals surface area contributed by atoms with Gasteiger partial charge in [-0.05, 0) is 60.5 Å². The van der Waals surface area contributed by atoms with Crippen LogP contribution in [0, 0.1) is 6.92 Å². The van der Waals surface area contributed by atoms with E-state index >= 15 is 0 Å². The zero-order chi connectivity index (χ0) is 36.8. The zero-order valence-corrected chi connectivity index (χ0v) is 28.7. The highest BCUT2D eigenvalue weighted by Crippen LogP contribution is 2.35. The lowest BCUT2D eigenvalue weighted by molar-refractivity contribution is -0.127. The van der Waals surface area contributed by atoms with Crippen LogP contribution in [0.25, 0.3) is 10.8 Å². The van der Waals surface area contributed by atoms with Gasteiger partial charge in [0.1, 0.15) is 28.4 Å². The van der Waals surface area contributed by atoms with Gasteiger partial charge < -0.3 is 49.0 Å². The fourth-order valence-corrected chi connectivity index (χ4v) is 5.85. The van der Waals surface area contributed by atoms with Crippen molar-refractivity contribution in [1.29, 1.82) is 0 Å². The first-order valence-corrected chi connectivity index (χ1v) is 15.8. The van der Waals surface area contributed by atoms with Gasteiger partial charge in [-0.2, -0.15) is 0 Å². The molecule has 1 aliphatic rings. The molecule has 0 saturated carbocycles. The number of rotatable bonds is 11. The number of aromatic nitrogens is 3. The molecule has 15 nitrogen and oxygen atoms in total. The van der Waals surface area contributed by atoms with E-state index in [4.69, 9.17) is 14.2 Å². The minimum atomic E-state index is -1.31. The van der Waals surface area contributed by atoms with E-state index in [0.29, 0.717) is 22.5 Å². The lowest BCUT2D eigenvalue weighted by Crippen LogP contribution is -2.42. The summed E-state index contributed by atoms with van der Waals surface area (Å²) in [7, 11) is 6.30. The number of nitrogens with zero attached hydrogens (tertiary/aromatic N) is 3. The highest BCUT2D eigenvalue weighted by Gasteiger charge is 2.53. The maximum Gasteiger partial charge on any atom is 0.352 e. The number of methoxy groups -OCH3 is 1. The van der Waals surface area contributed by atoms with Gasteiger partial charge in [-0.3, -0.25) is 14.4 Å². The fourth-order valence-electron chi connectivity index (χ4n) is 5.85. The number of benzene rings is 2. The molecule has 0 spiro atoms. The summed E-state index contributed by atoms with van der Waals surface area (Å²) in [6, 6.07) is 13.2. The second-order valence-corrected chi connectivity index (χ2v) is 12.6. The second kappa shape index (κ2) is 13.2. The van der Waals surface area contributed by atoms with Crippen molar-refractivity contribution in [3.8, 4) is 5.75 Å². The smallest absolute Gasteiger partial charge is 0.352 e. The summed E-state index contributed by atoms with van der Waals surface area (Å²) >= 11 is 0. The van der Waals surface area contributed by atoms with Crippen LogP contribution in [0.1, 0.15) is 54.3 Å². The van der Waals surface area contributed by atoms with E-state index in [2.05, 4.69) is 16.0 Å². The van der Waals surface area contributed by atoms with Crippen LogP contribution in [0.3, 0.4) is 0 Å². The lowest BCUT2D eigenvalue weighted by Gasteiger charge is -2.21. The average molecular weight is 697 g/mol. The third kappa shape index (κ3) is 6.91. The zero-order valence-electron chi connectivity index (χ0n) is 28.7. The van der Waals surface area contributed by atoms with Crippen LogP contribution in [-0.4, -0.2) is 73.9 Å². The molecule has 1 fully saturated rings. The molecule has 5 aromatic rings. The number of amides is 3. The van der Waals surface area contributed by atoms with Crippen LogP contribution in [0.2, 0.25) is 0 Å². The summed E-state index contributed by atoms with van der Waals surface area (Å²) in [6.07, 6.45) is 3.25. The molecule has 2 aromatic carbocycles. The predicted octanol–water partition coefficient (Wildman–Crippen LogP) is 4.33. The van der Waals surface area contributed by atoms with Crippen LogP contribution in [0.15, 0.2) is 67.1 Å². The Morgan fingerprint density at radius 2 is 1.33 bits per heavy atom. The third-order valence-corrected chi connectivity index (χ3v) is 8.74. The molecule has 4 N–H and O–H groups in total. The Hall–Kier alpha value is -6.35. The molecule has 0 bridgehead atoms. The van der Waals surface area contributed by atoms with Crippen molar-refractivity contribution in [2.75, 3.05) is 29.7 Å². The van der Waals surface area contributed by atoms with Crippen molar-refractivity contribution in [1.82, 2.24) is 13.7 Å². The maximum atomic E-state index is 13.6. The van der Waals surface area contributed by atoms with E-state index in [-0.39, 0.29) is 34.9 Å². The van der Waals surface area contributed by atoms with Gasteiger partial charge in [0, 0.05) is 39.7 Å². The van der Waals surface area contributed by atoms with Crippen molar-refractivity contribution in [3.63, 3.8) is 0 Å². The van der Waals surface area contributed by atoms with E-state index in [1.165, 1.54) is 51.4 Å². The number of hydrogen-bond acceptors (Lipinski definition) is 8. The van der Waals surface area contributed by atoms with Crippen molar-refractivity contribution in [2.45, 2.75) is 25.6 Å². The lowest BCUT2D eigenvalue weighted by atomic mass is 10.00. The Balaban J connectivity index is 1.14. The van der Waals surface area contributed by atoms with Gasteiger partial charge in [-0.25, -0.2) is 9.59 Å². The highest BCUT2D eigenvalue weighted by atomic mass is 16.6. The molecule has 1 saturated heterocycles. The van der Waals surface area contributed by atoms with Crippen molar-refractivity contribution in [2.24, 2.45) is 21.1 Å². The van der Waals surface area contributed by atoms with Gasteiger partial charge >= 0.3 is 11.9 Å². The summed E-state index contributed by atoms with van der Waals surface area (Å²) < 4.78 is 21.2. The normalized spacial score (nSPS) is 15.6. The Morgan fingerprint density at radius 3 is 1.84 bits per heavy atom. The summed E-state index contributed by atoms with van der Waals surface area (Å²) in [6.45, 7) is 3.79. The number of carboxylic acid groups (broad SMARTS) is 1. The predicted molar refractivity (Wildman–Crippen MR) is 187 cm³/mol. The highest BCUT2D eigenvalue weighted by molar-refractivity contribution is 6.09. The number of esters is 1. The molecule has 0 aliphatic carbocycles. The third-order valence-electron chi connectivity index (χ3n) is 8.74. The van der Waals surface area contributed by atoms with Crippen molar-refractivity contribution < 1.29 is 43.3 Å². The summed E-state index contributed by atoms with van der Waals surface area (Å²) in [5, 5.41) is 18.9. The number of epoxide rings is 1. The topological polar surface area (TPSA) is 187 Å². The Kier molecular flexibility index (Phi) is 8.91. The SMILES string of the molecule is COc1cc(C(=O)O[C@H](C(=O)Nc2cc(C(=O)Nc3cc(C(=O)Nc4cc(C(=O)O)n(C)c4)n(C)c3)n(C)c2)[C@]2(C)CO2)c2cccc(C)c2c1. The summed E-state index contributed by atoms with van der Waals surface area (Å²) in [4.78, 5) is 64.8. The molecular weight excluding hydrogens is 660 g/mol. The van der Waals surface area contributed by atoms with Gasteiger partial charge in [0.15, 0.2) is 0 Å². The molecule has 51 heavy (non-hydrogen) atoms. The minimum Gasteiger partial charge on any atom is -0.497 e. The first-order chi connectivity index (χ1) is 24.2. The summed E-state index contributed by atoms with van der Waals surface area (Å²) in [5.41, 5.74) is 1.43. The van der Waals surface area contributed by atoms with E-state index in [1.807, 2.05) is 25.1 Å². The molecule has 1 aliphatic heterocycles. The number of ether oxygens (including phenoxy) is 3. The Morgan fingerprint density at radius 1 is 0.804 bits per heavy atom. The summed E-state index contributed by atoms with van der Waals surface area (Å²) in [5.74, 6) is -3.07. The fraction of sp³-hybridized carbons (Fsp3) is 0.250. The van der Waals surface area contributed by atoms with E-state index in [9.17, 15) is 29.1 Å². The van der Waals surface area contributed by atoms with E-state index in [0.717, 1.165) is 10.9 Å². The number of fused-ring (bicyclic) bond motifs is 1. The van der Waals surface area contributed by atoms with Gasteiger partial charge in [0.05, 0.1) is 36.3 Å². The number of aryl methyl sites for hydroxylation is 4. The number of anilines is 3. The maximum absolute atomic E-state index is 13.6. The van der Waals surface area contributed by atoms with Gasteiger partial charge in [0.2, 0.25) is 6.10 Å². The molecule has 0 unspecified atom stereocenters. The molecular formula is C36H36N6O9. The molecule has 15 heteroatoms. The van der Waals surface area contributed by atoms with Gasteiger partial charge in [0.25, 0.3) is 17.7 Å². The van der Waals surface area contributed by atoms with Crippen LogP contribution >= 0.6 is 0 Å². The number of carboxylic acids is 1. The number of hydrogen-bond donors (Lipinski definition) is 4. The number of carbonyl (C=O) groups excluding carboxylic acids is 4. The van der Waals surface area contributed by atoms with Gasteiger partial charge in [-0.1, -0.05) is 18.2 Å². The van der Waals surface area contributed by atoms with Crippen LogP contribution < -0.4 is 20.7 Å². The molecule has 0 radical (unpaired) electrons. The molecule has 264 valence electrons. The Bertz CT molecular complexity index is 2240. The van der Waals surface area contributed by atoms with Crippen LogP contribution in [-0.2, 0) is 35.4 Å². The molecule has 3 amide bonds. The van der Waals surface area contributed by atoms with Crippen LogP contribution in [0.5, 0.6) is 5.75 Å². The first-order valence-electron chi connectivity index (χ1n) is 15.8. The standard InChI is InChI=1S/C36H36N6O9/c1-19-8-7-9-24-25(19)13-23(49-6)14-26(24)35(48)51-30(36(2)18-50-36)33(45)39-21-11-28(41(4)16-21)31(43)37-20-10-27(40(3)15-20)32(44)38-22-12-29(34(46)47)42(5)17-22/h7-17,30H,18H2,1-6H3,(H,37,43)(H,38,44)(H,39,45)(H,46,47)/t30-,36+/m1/s1. The molecule has 2 atom stereocenters. The van der Waals surface area contributed by atoms with E-state index in [1.54, 1.807) is 46.4 Å². The average Bonchev–Trinajstić information content (AvgIpc) is 3.33. The van der Waals surface area contributed by atoms with Crippen LogP contribution in [0.4, 0.5) is 17.1 Å². The number of nitrogens with one attached hydrogen (secondary N) is 3. The van der Waals surface area contributed by atoms with E-state index < -0.39 is 41.4 Å². The Labute approximate surface area is 291 Å². The van der Waals surface area contributed by atoms with Crippen molar-refractivity contribution >= 4 is 57.5 Å². The minimum absolute atomic E-state index is 0.00638. The number of carbonyl (C=O) groups is 5. The second-order valence-electron chi connectivity index (χ2n) is 12.6. The monoisotopic (exact) mass is 696 g/mol. The molecule has 4 heterocycles. The quantitative estimate of drug-likeness (QED) is 0.115. The first kappa shape index (κ1) is 34.5. The van der Waals surface area contributed by atoms with Gasteiger partial charge in [-0.15, -0.1) is 0 Å². The largest absolute Gasteiger partial charge is 0.497 e.